The quantitative estimate of drug-likeness (QED) is 0.344. The van der Waals surface area contributed by atoms with Crippen LogP contribution >= 0.6 is 59.1 Å². The van der Waals surface area contributed by atoms with Crippen LogP contribution in [0, 0.1) is 6.92 Å². The zero-order valence-electron chi connectivity index (χ0n) is 10.7. The normalized spacial score (nSPS) is 12.8. The highest BCUT2D eigenvalue weighted by molar-refractivity contribution is 9.11. The van der Waals surface area contributed by atoms with Crippen LogP contribution in [-0.2, 0) is 0 Å². The summed E-state index contributed by atoms with van der Waals surface area (Å²) in [7, 11) is 0. The van der Waals surface area contributed by atoms with Crippen LogP contribution < -0.4 is 0 Å². The third kappa shape index (κ3) is 2.52. The van der Waals surface area contributed by atoms with Crippen molar-refractivity contribution in [2.45, 2.75) is 11.8 Å². The Morgan fingerprint density at radius 2 is 1.65 bits per heavy atom. The molecular formula is C16H11Br3S. The van der Waals surface area contributed by atoms with E-state index in [0.717, 1.165) is 8.95 Å². The van der Waals surface area contributed by atoms with Gasteiger partial charge in [0, 0.05) is 13.6 Å². The van der Waals surface area contributed by atoms with Crippen molar-refractivity contribution in [3.8, 4) is 0 Å². The van der Waals surface area contributed by atoms with E-state index in [9.17, 15) is 0 Å². The van der Waals surface area contributed by atoms with Gasteiger partial charge in [-0.15, -0.1) is 11.3 Å². The van der Waals surface area contributed by atoms with Crippen molar-refractivity contribution in [3.05, 3.63) is 67.4 Å². The lowest BCUT2D eigenvalue weighted by Crippen LogP contribution is -1.95. The van der Waals surface area contributed by atoms with Crippen molar-refractivity contribution >= 4 is 69.2 Å². The fourth-order valence-corrected chi connectivity index (χ4v) is 5.38. The molecule has 0 fully saturated rings. The predicted molar refractivity (Wildman–Crippen MR) is 99.2 cm³/mol. The molecule has 3 aromatic rings. The van der Waals surface area contributed by atoms with E-state index in [-0.39, 0.29) is 4.83 Å². The molecule has 0 spiro atoms. The third-order valence-electron chi connectivity index (χ3n) is 3.44. The molecule has 0 N–H and O–H groups in total. The molecule has 1 atom stereocenters. The Morgan fingerprint density at radius 1 is 0.950 bits per heavy atom. The van der Waals surface area contributed by atoms with Crippen molar-refractivity contribution in [2.75, 3.05) is 0 Å². The van der Waals surface area contributed by atoms with Crippen LogP contribution in [0.15, 0.2) is 50.7 Å². The molecule has 102 valence electrons. The molecule has 3 rings (SSSR count). The SMILES string of the molecule is Cc1c(Br)cccc1C(Br)c1csc2c(Br)cccc12. The maximum Gasteiger partial charge on any atom is 0.0661 e. The second-order valence-corrected chi connectivity index (χ2v) is 8.13. The fourth-order valence-electron chi connectivity index (χ4n) is 2.30. The Morgan fingerprint density at radius 3 is 2.45 bits per heavy atom. The molecule has 0 radical (unpaired) electrons. The van der Waals surface area contributed by atoms with E-state index >= 15 is 0 Å². The molecule has 0 saturated heterocycles. The highest BCUT2D eigenvalue weighted by atomic mass is 79.9. The van der Waals surface area contributed by atoms with Crippen molar-refractivity contribution in [1.29, 1.82) is 0 Å². The molecule has 1 heterocycles. The molecule has 2 aromatic carbocycles. The molecule has 0 saturated carbocycles. The maximum absolute atomic E-state index is 3.87. The van der Waals surface area contributed by atoms with Crippen molar-refractivity contribution in [2.24, 2.45) is 0 Å². The molecule has 0 aliphatic heterocycles. The van der Waals surface area contributed by atoms with E-state index in [1.54, 1.807) is 11.3 Å². The van der Waals surface area contributed by atoms with Gasteiger partial charge in [-0.2, -0.15) is 0 Å². The lowest BCUT2D eigenvalue weighted by molar-refractivity contribution is 1.16. The third-order valence-corrected chi connectivity index (χ3v) is 7.25. The van der Waals surface area contributed by atoms with Crippen LogP contribution in [0.2, 0.25) is 0 Å². The van der Waals surface area contributed by atoms with Crippen LogP contribution in [0.1, 0.15) is 21.5 Å². The summed E-state index contributed by atoms with van der Waals surface area (Å²) in [5.41, 5.74) is 3.91. The summed E-state index contributed by atoms with van der Waals surface area (Å²) in [5.74, 6) is 0. The van der Waals surface area contributed by atoms with Crippen molar-refractivity contribution in [1.82, 2.24) is 0 Å². The lowest BCUT2D eigenvalue weighted by atomic mass is 10.00. The highest BCUT2D eigenvalue weighted by Gasteiger charge is 2.18. The summed E-state index contributed by atoms with van der Waals surface area (Å²) in [5, 5.41) is 3.56. The van der Waals surface area contributed by atoms with Gasteiger partial charge in [-0.1, -0.05) is 56.1 Å². The smallest absolute Gasteiger partial charge is 0.0661 e. The summed E-state index contributed by atoms with van der Waals surface area (Å²) in [6.07, 6.45) is 0. The van der Waals surface area contributed by atoms with E-state index < -0.39 is 0 Å². The van der Waals surface area contributed by atoms with Gasteiger partial charge in [-0.3, -0.25) is 0 Å². The summed E-state index contributed by atoms with van der Waals surface area (Å²) >= 11 is 12.9. The van der Waals surface area contributed by atoms with Gasteiger partial charge in [-0.05, 0) is 62.4 Å². The first-order valence-corrected chi connectivity index (χ1v) is 9.52. The minimum Gasteiger partial charge on any atom is -0.142 e. The Hall–Kier alpha value is -0.160. The van der Waals surface area contributed by atoms with Gasteiger partial charge in [0.1, 0.15) is 0 Å². The van der Waals surface area contributed by atoms with Gasteiger partial charge in [-0.25, -0.2) is 0 Å². The Bertz CT molecular complexity index is 776. The Kier molecular flexibility index (Phi) is 4.37. The number of halogens is 3. The summed E-state index contributed by atoms with van der Waals surface area (Å²) in [6, 6.07) is 12.7. The number of hydrogen-bond donors (Lipinski definition) is 0. The minimum atomic E-state index is 0.211. The van der Waals surface area contributed by atoms with Crippen LogP contribution in [0.25, 0.3) is 10.1 Å². The molecule has 0 nitrogen and oxygen atoms in total. The molecule has 0 bridgehead atoms. The van der Waals surface area contributed by atoms with Gasteiger partial charge >= 0.3 is 0 Å². The number of fused-ring (bicyclic) bond motifs is 1. The van der Waals surface area contributed by atoms with Crippen LogP contribution in [0.5, 0.6) is 0 Å². The first-order chi connectivity index (χ1) is 9.59. The van der Waals surface area contributed by atoms with Gasteiger partial charge in [0.25, 0.3) is 0 Å². The maximum atomic E-state index is 3.87. The van der Waals surface area contributed by atoms with Gasteiger partial charge in [0.05, 0.1) is 4.83 Å². The molecule has 20 heavy (non-hydrogen) atoms. The lowest BCUT2D eigenvalue weighted by Gasteiger charge is -2.14. The fraction of sp³-hybridized carbons (Fsp3) is 0.125. The number of benzene rings is 2. The standard InChI is InChI=1S/C16H11Br3S/c1-9-10(4-2-6-13(9)17)15(19)12-8-20-16-11(12)5-3-7-14(16)18/h2-8,15H,1H3. The average Bonchev–Trinajstić information content (AvgIpc) is 2.86. The van der Waals surface area contributed by atoms with E-state index in [4.69, 9.17) is 0 Å². The first kappa shape index (κ1) is 14.8. The largest absolute Gasteiger partial charge is 0.142 e. The number of hydrogen-bond acceptors (Lipinski definition) is 1. The van der Waals surface area contributed by atoms with Gasteiger partial charge in [0.2, 0.25) is 0 Å². The van der Waals surface area contributed by atoms with E-state index in [0.29, 0.717) is 0 Å². The molecule has 0 aliphatic carbocycles. The highest BCUT2D eigenvalue weighted by Crippen LogP contribution is 2.42. The van der Waals surface area contributed by atoms with Gasteiger partial charge < -0.3 is 0 Å². The minimum absolute atomic E-state index is 0.211. The zero-order chi connectivity index (χ0) is 14.3. The number of alkyl halides is 1. The molecule has 0 amide bonds. The van der Waals surface area contributed by atoms with Crippen LogP contribution in [0.3, 0.4) is 0 Å². The average molecular weight is 475 g/mol. The zero-order valence-corrected chi connectivity index (χ0v) is 16.2. The predicted octanol–water partition coefficient (Wildman–Crippen LogP) is 7.22. The van der Waals surface area contributed by atoms with Crippen LogP contribution in [-0.4, -0.2) is 0 Å². The number of thiophene rings is 1. The monoisotopic (exact) mass is 472 g/mol. The van der Waals surface area contributed by atoms with E-state index in [1.165, 1.54) is 26.8 Å². The topological polar surface area (TPSA) is 0 Å². The van der Waals surface area contributed by atoms with Crippen molar-refractivity contribution in [3.63, 3.8) is 0 Å². The molecule has 1 unspecified atom stereocenters. The van der Waals surface area contributed by atoms with Crippen molar-refractivity contribution < 1.29 is 0 Å². The van der Waals surface area contributed by atoms with Gasteiger partial charge in [0.15, 0.2) is 0 Å². The van der Waals surface area contributed by atoms with E-state index in [2.05, 4.69) is 96.5 Å². The molecule has 4 heteroatoms. The Labute approximate surface area is 147 Å². The first-order valence-electron chi connectivity index (χ1n) is 6.14. The Balaban J connectivity index is 2.16. The summed E-state index contributed by atoms with van der Waals surface area (Å²) in [6.45, 7) is 2.15. The molecular weight excluding hydrogens is 464 g/mol. The summed E-state index contributed by atoms with van der Waals surface area (Å²) in [4.78, 5) is 0.211. The number of rotatable bonds is 2. The summed E-state index contributed by atoms with van der Waals surface area (Å²) < 4.78 is 3.62. The van der Waals surface area contributed by atoms with Crippen LogP contribution in [0.4, 0.5) is 0 Å². The second-order valence-electron chi connectivity index (χ2n) is 4.62. The molecule has 1 aromatic heterocycles. The van der Waals surface area contributed by atoms with E-state index in [1.807, 2.05) is 0 Å². The molecule has 0 aliphatic rings. The second kappa shape index (κ2) is 5.91.